The summed E-state index contributed by atoms with van der Waals surface area (Å²) >= 11 is 0. The fraction of sp³-hybridized carbons (Fsp3) is 0.269. The molecule has 2 heterocycles. The maximum Gasteiger partial charge on any atom is 0.573 e. The van der Waals surface area contributed by atoms with Gasteiger partial charge >= 0.3 is 6.36 Å². The number of carbonyl (C=O) groups is 2. The molecule has 0 radical (unpaired) electrons. The molecular weight excluding hydrogens is 529 g/mol. The standard InChI is InChI=1S/C26H22F5N3O5/c1-13-8-9-33(2)25(37)22(13)34-12-17(20-18(27)10-16(38-3)11-19(20)28)21(24(34)36)32-23(35)14-4-6-15(7-5-14)39-26(29,30)31/h4-11,17,21H,12H2,1-3H3,(H,32,35)/t17-,21-/m0/s1. The second kappa shape index (κ2) is 10.4. The summed E-state index contributed by atoms with van der Waals surface area (Å²) in [4.78, 5) is 40.5. The maximum atomic E-state index is 15.1. The van der Waals surface area contributed by atoms with Gasteiger partial charge in [0.15, 0.2) is 0 Å². The highest BCUT2D eigenvalue weighted by Gasteiger charge is 2.46. The van der Waals surface area contributed by atoms with Crippen LogP contribution in [0.15, 0.2) is 53.5 Å². The first-order chi connectivity index (χ1) is 18.3. The van der Waals surface area contributed by atoms with E-state index in [0.717, 1.165) is 41.3 Å². The minimum atomic E-state index is -4.93. The normalized spacial score (nSPS) is 17.3. The second-order valence-electron chi connectivity index (χ2n) is 8.85. The van der Waals surface area contributed by atoms with Crippen molar-refractivity contribution in [2.45, 2.75) is 25.2 Å². The van der Waals surface area contributed by atoms with Crippen LogP contribution in [0.5, 0.6) is 11.5 Å². The van der Waals surface area contributed by atoms with Crippen molar-refractivity contribution in [1.82, 2.24) is 9.88 Å². The van der Waals surface area contributed by atoms with E-state index in [4.69, 9.17) is 4.74 Å². The molecule has 0 bridgehead atoms. The molecule has 1 saturated heterocycles. The molecule has 3 aromatic rings. The van der Waals surface area contributed by atoms with Crippen LogP contribution < -0.4 is 25.2 Å². The lowest BCUT2D eigenvalue weighted by molar-refractivity contribution is -0.274. The molecule has 1 N–H and O–H groups in total. The first-order valence-electron chi connectivity index (χ1n) is 11.5. The number of anilines is 1. The fourth-order valence-corrected chi connectivity index (χ4v) is 4.45. The minimum absolute atomic E-state index is 0.0188. The van der Waals surface area contributed by atoms with Crippen molar-refractivity contribution in [2.24, 2.45) is 7.05 Å². The molecule has 0 aliphatic carbocycles. The van der Waals surface area contributed by atoms with Gasteiger partial charge in [-0.05, 0) is 42.8 Å². The van der Waals surface area contributed by atoms with Gasteiger partial charge < -0.3 is 24.3 Å². The molecule has 1 aliphatic heterocycles. The number of rotatable bonds is 6. The van der Waals surface area contributed by atoms with E-state index in [-0.39, 0.29) is 23.5 Å². The van der Waals surface area contributed by atoms with E-state index < -0.39 is 58.6 Å². The lowest BCUT2D eigenvalue weighted by Crippen LogP contribution is -2.44. The molecule has 8 nitrogen and oxygen atoms in total. The first kappa shape index (κ1) is 27.6. The highest BCUT2D eigenvalue weighted by Crippen LogP contribution is 2.36. The van der Waals surface area contributed by atoms with Gasteiger partial charge in [-0.2, -0.15) is 0 Å². The molecule has 13 heteroatoms. The number of amides is 2. The smallest absolute Gasteiger partial charge is 0.497 e. The van der Waals surface area contributed by atoms with Gasteiger partial charge in [0.2, 0.25) is 5.91 Å². The summed E-state index contributed by atoms with van der Waals surface area (Å²) < 4.78 is 77.5. The first-order valence-corrected chi connectivity index (χ1v) is 11.5. The van der Waals surface area contributed by atoms with Crippen LogP contribution >= 0.6 is 0 Å². The van der Waals surface area contributed by atoms with E-state index >= 15 is 8.78 Å². The zero-order valence-electron chi connectivity index (χ0n) is 20.8. The summed E-state index contributed by atoms with van der Waals surface area (Å²) in [5, 5.41) is 2.43. The number of alkyl halides is 3. The van der Waals surface area contributed by atoms with Crippen LogP contribution in [0, 0.1) is 18.6 Å². The van der Waals surface area contributed by atoms with Crippen molar-refractivity contribution >= 4 is 17.5 Å². The Morgan fingerprint density at radius 2 is 1.64 bits per heavy atom. The Kier molecular flexibility index (Phi) is 7.35. The summed E-state index contributed by atoms with van der Waals surface area (Å²) in [6.07, 6.45) is -3.44. The lowest BCUT2D eigenvalue weighted by atomic mass is 9.92. The second-order valence-corrected chi connectivity index (χ2v) is 8.85. The summed E-state index contributed by atoms with van der Waals surface area (Å²) in [7, 11) is 2.69. The van der Waals surface area contributed by atoms with E-state index in [2.05, 4.69) is 10.1 Å². The number of nitrogens with one attached hydrogen (secondary N) is 1. The van der Waals surface area contributed by atoms with E-state index in [1.165, 1.54) is 24.9 Å². The Balaban J connectivity index is 1.73. The fourth-order valence-electron chi connectivity index (χ4n) is 4.45. The quantitative estimate of drug-likeness (QED) is 0.471. The van der Waals surface area contributed by atoms with Crippen molar-refractivity contribution in [3.05, 3.63) is 87.3 Å². The van der Waals surface area contributed by atoms with Crippen molar-refractivity contribution in [1.29, 1.82) is 0 Å². The number of carbonyl (C=O) groups excluding carboxylic acids is 2. The highest BCUT2D eigenvalue weighted by atomic mass is 19.4. The number of benzene rings is 2. The molecule has 1 aliphatic rings. The van der Waals surface area contributed by atoms with Gasteiger partial charge in [-0.25, -0.2) is 8.78 Å². The molecular formula is C26H22F5N3O5. The molecule has 0 spiro atoms. The summed E-state index contributed by atoms with van der Waals surface area (Å²) in [5.41, 5.74) is -0.777. The molecule has 0 unspecified atom stereocenters. The van der Waals surface area contributed by atoms with Crippen molar-refractivity contribution < 1.29 is 41.0 Å². The molecule has 206 valence electrons. The van der Waals surface area contributed by atoms with Crippen LogP contribution in [-0.2, 0) is 11.8 Å². The Morgan fingerprint density at radius 3 is 2.21 bits per heavy atom. The van der Waals surface area contributed by atoms with Crippen LogP contribution in [0.2, 0.25) is 0 Å². The predicted octanol–water partition coefficient (Wildman–Crippen LogP) is 3.81. The van der Waals surface area contributed by atoms with Gasteiger partial charge in [-0.3, -0.25) is 14.4 Å². The summed E-state index contributed by atoms with van der Waals surface area (Å²) in [6.45, 7) is 1.24. The zero-order valence-corrected chi connectivity index (χ0v) is 20.8. The molecule has 39 heavy (non-hydrogen) atoms. The summed E-state index contributed by atoms with van der Waals surface area (Å²) in [5.74, 6) is -5.71. The third-order valence-corrected chi connectivity index (χ3v) is 6.32. The largest absolute Gasteiger partial charge is 0.573 e. The zero-order chi connectivity index (χ0) is 28.6. The van der Waals surface area contributed by atoms with Crippen LogP contribution in [0.4, 0.5) is 27.6 Å². The van der Waals surface area contributed by atoms with Gasteiger partial charge in [0, 0.05) is 49.0 Å². The van der Waals surface area contributed by atoms with Crippen LogP contribution in [0.1, 0.15) is 27.4 Å². The van der Waals surface area contributed by atoms with Crippen molar-refractivity contribution in [2.75, 3.05) is 18.6 Å². The average Bonchev–Trinajstić information content (AvgIpc) is 3.16. The topological polar surface area (TPSA) is 89.9 Å². The number of methoxy groups -OCH3 is 1. The van der Waals surface area contributed by atoms with E-state index in [9.17, 15) is 27.6 Å². The number of aryl methyl sites for hydroxylation is 2. The predicted molar refractivity (Wildman–Crippen MR) is 129 cm³/mol. The minimum Gasteiger partial charge on any atom is -0.497 e. The van der Waals surface area contributed by atoms with Gasteiger partial charge in [-0.1, -0.05) is 0 Å². The monoisotopic (exact) mass is 551 g/mol. The Labute approximate surface area is 218 Å². The molecule has 1 fully saturated rings. The van der Waals surface area contributed by atoms with Gasteiger partial charge in [-0.15, -0.1) is 13.2 Å². The van der Waals surface area contributed by atoms with E-state index in [0.29, 0.717) is 5.56 Å². The molecule has 1 aromatic heterocycles. The number of hydrogen-bond acceptors (Lipinski definition) is 5. The molecule has 0 saturated carbocycles. The van der Waals surface area contributed by atoms with Gasteiger partial charge in [0.1, 0.15) is 34.9 Å². The highest BCUT2D eigenvalue weighted by molar-refractivity contribution is 6.05. The number of hydrogen-bond donors (Lipinski definition) is 1. The SMILES string of the molecule is COc1cc(F)c([C@@H]2CN(c3c(C)ccn(C)c3=O)C(=O)[C@H]2NC(=O)c2ccc(OC(F)(F)F)cc2)c(F)c1. The van der Waals surface area contributed by atoms with Crippen LogP contribution in [0.25, 0.3) is 0 Å². The molecule has 2 atom stereocenters. The van der Waals surface area contributed by atoms with Crippen LogP contribution in [-0.4, -0.2) is 42.4 Å². The third kappa shape index (κ3) is 5.56. The van der Waals surface area contributed by atoms with E-state index in [1.54, 1.807) is 13.0 Å². The average molecular weight is 551 g/mol. The van der Waals surface area contributed by atoms with Gasteiger partial charge in [0.25, 0.3) is 11.5 Å². The number of aromatic nitrogens is 1. The third-order valence-electron chi connectivity index (χ3n) is 6.32. The maximum absolute atomic E-state index is 15.1. The number of nitrogens with zero attached hydrogens (tertiary/aromatic N) is 2. The van der Waals surface area contributed by atoms with E-state index in [1.807, 2.05) is 0 Å². The number of pyridine rings is 1. The Hall–Kier alpha value is -4.42. The number of halogens is 5. The van der Waals surface area contributed by atoms with Crippen molar-refractivity contribution in [3.63, 3.8) is 0 Å². The molecule has 2 amide bonds. The lowest BCUT2D eigenvalue weighted by Gasteiger charge is -2.20. The Bertz CT molecular complexity index is 1460. The number of ether oxygens (including phenoxy) is 2. The van der Waals surface area contributed by atoms with Crippen LogP contribution in [0.3, 0.4) is 0 Å². The van der Waals surface area contributed by atoms with Crippen molar-refractivity contribution in [3.8, 4) is 11.5 Å². The Morgan fingerprint density at radius 1 is 1.03 bits per heavy atom. The molecule has 4 rings (SSSR count). The summed E-state index contributed by atoms with van der Waals surface area (Å²) in [6, 6.07) is 5.80. The molecule has 2 aromatic carbocycles. The van der Waals surface area contributed by atoms with Gasteiger partial charge in [0.05, 0.1) is 7.11 Å².